The molecule has 0 aliphatic carbocycles. The first kappa shape index (κ1) is 23.4. The molecule has 2 aliphatic heterocycles. The Morgan fingerprint density at radius 2 is 0.864 bits per heavy atom. The van der Waals surface area contributed by atoms with Gasteiger partial charge in [0.25, 0.3) is 23.6 Å². The third-order valence-corrected chi connectivity index (χ3v) is 9.43. The lowest BCUT2D eigenvalue weighted by Crippen LogP contribution is -2.40. The number of amides is 4. The lowest BCUT2D eigenvalue weighted by molar-refractivity contribution is 0.0840. The molecular weight excluding hydrogens is 548 g/mol. The number of nitrogens with one attached hydrogen (secondary N) is 1. The molecule has 0 radical (unpaired) electrons. The first-order valence-electron chi connectivity index (χ1n) is 14.4. The van der Waals surface area contributed by atoms with Gasteiger partial charge >= 0.3 is 0 Å². The van der Waals surface area contributed by atoms with Crippen LogP contribution in [-0.2, 0) is 0 Å². The second-order valence-electron chi connectivity index (χ2n) is 11.6. The Hall–Kier alpha value is -6.14. The molecule has 10 rings (SSSR count). The fraction of sp³-hybridized carbons (Fsp3) is 0. The van der Waals surface area contributed by atoms with E-state index in [0.29, 0.717) is 38.7 Å². The minimum Gasteiger partial charge on any atom is -0.288 e. The van der Waals surface area contributed by atoms with Gasteiger partial charge in [-0.15, -0.1) is 0 Å². The van der Waals surface area contributed by atoms with Crippen molar-refractivity contribution in [3.63, 3.8) is 0 Å². The van der Waals surface area contributed by atoms with Gasteiger partial charge in [0.15, 0.2) is 0 Å². The number of nitrogens with zero attached hydrogens (tertiary/aromatic N) is 1. The van der Waals surface area contributed by atoms with Crippen LogP contribution in [0, 0.1) is 0 Å². The van der Waals surface area contributed by atoms with Crippen molar-refractivity contribution >= 4 is 94.0 Å². The van der Waals surface area contributed by atoms with Crippen molar-refractivity contribution in [3.05, 3.63) is 125 Å². The van der Waals surface area contributed by atoms with E-state index in [1.165, 1.54) is 4.90 Å². The van der Waals surface area contributed by atoms with Crippen LogP contribution in [0.25, 0.3) is 64.6 Å². The molecule has 0 fully saturated rings. The molecule has 8 aromatic carbocycles. The van der Waals surface area contributed by atoms with E-state index in [2.05, 4.69) is 23.5 Å². The highest BCUT2D eigenvalue weighted by Crippen LogP contribution is 2.46. The number of carbonyl (C=O) groups is 4. The monoisotopic (exact) mass is 566 g/mol. The first-order valence-corrected chi connectivity index (χ1v) is 14.4. The van der Waals surface area contributed by atoms with Crippen LogP contribution in [0.4, 0.5) is 5.69 Å². The average Bonchev–Trinajstić information content (AvgIpc) is 3.04. The molecule has 0 bridgehead atoms. The van der Waals surface area contributed by atoms with Crippen molar-refractivity contribution in [1.29, 1.82) is 0 Å². The molecule has 0 unspecified atom stereocenters. The smallest absolute Gasteiger partial charge is 0.265 e. The van der Waals surface area contributed by atoms with E-state index in [0.717, 1.165) is 53.9 Å². The lowest BCUT2D eigenvalue weighted by Gasteiger charge is -2.29. The Labute approximate surface area is 248 Å². The Kier molecular flexibility index (Phi) is 4.16. The maximum atomic E-state index is 14.2. The van der Waals surface area contributed by atoms with Crippen molar-refractivity contribution in [1.82, 2.24) is 5.32 Å². The zero-order valence-electron chi connectivity index (χ0n) is 22.9. The topological polar surface area (TPSA) is 83.6 Å². The lowest BCUT2D eigenvalue weighted by atomic mass is 9.82. The average molecular weight is 567 g/mol. The predicted octanol–water partition coefficient (Wildman–Crippen LogP) is 7.73. The highest BCUT2D eigenvalue weighted by Gasteiger charge is 2.36. The Morgan fingerprint density at radius 3 is 1.41 bits per heavy atom. The van der Waals surface area contributed by atoms with Gasteiger partial charge in [-0.1, -0.05) is 54.6 Å². The van der Waals surface area contributed by atoms with Gasteiger partial charge in [0.05, 0.1) is 5.69 Å². The maximum Gasteiger partial charge on any atom is 0.265 e. The van der Waals surface area contributed by atoms with E-state index in [-0.39, 0.29) is 11.8 Å². The molecule has 0 saturated heterocycles. The normalized spacial score (nSPS) is 14.7. The summed E-state index contributed by atoms with van der Waals surface area (Å²) in [6.45, 7) is 0. The number of carbonyl (C=O) groups excluding carboxylic acids is 4. The van der Waals surface area contributed by atoms with Gasteiger partial charge in [0, 0.05) is 33.0 Å². The van der Waals surface area contributed by atoms with Gasteiger partial charge in [0.1, 0.15) is 0 Å². The van der Waals surface area contributed by atoms with Crippen LogP contribution < -0.4 is 10.2 Å². The first-order chi connectivity index (χ1) is 21.5. The molecule has 1 N–H and O–H groups in total. The van der Waals surface area contributed by atoms with Gasteiger partial charge < -0.3 is 0 Å². The Bertz CT molecular complexity index is 2610. The molecular formula is C38H18N2O4. The Balaban J connectivity index is 1.23. The quantitative estimate of drug-likeness (QED) is 0.125. The summed E-state index contributed by atoms with van der Waals surface area (Å²) in [5, 5.41) is 13.0. The van der Waals surface area contributed by atoms with Gasteiger partial charge in [-0.3, -0.25) is 24.5 Å². The van der Waals surface area contributed by atoms with Crippen molar-refractivity contribution in [2.75, 3.05) is 4.90 Å². The summed E-state index contributed by atoms with van der Waals surface area (Å²) >= 11 is 0. The van der Waals surface area contributed by atoms with Crippen molar-refractivity contribution in [2.45, 2.75) is 0 Å². The van der Waals surface area contributed by atoms with Crippen LogP contribution in [0.3, 0.4) is 0 Å². The van der Waals surface area contributed by atoms with E-state index >= 15 is 0 Å². The van der Waals surface area contributed by atoms with Gasteiger partial charge in [-0.05, 0) is 102 Å². The second-order valence-corrected chi connectivity index (χ2v) is 11.6. The SMILES string of the molecule is O=C1NC(=O)c2ccc3c4ccc5c6c(ccc(c7ccc1c2c73)c64)C(=O)N(c1ccc2cc3ccccc3cc2c1)C5=O. The standard InChI is InChI=1S/C38H18N2O4/c41-35-27-11-7-23-25-9-13-29-34-30(14-10-26(32(25)34)24-8-12-28(36(42)39-35)33(27)31(23)24)38(44)40(37(29)43)22-6-5-20-15-18-3-1-2-4-19(18)16-21(20)17-22/h1-17H,(H,39,41,42). The Morgan fingerprint density at radius 1 is 0.409 bits per heavy atom. The molecule has 8 aromatic rings. The van der Waals surface area contributed by atoms with E-state index in [1.807, 2.05) is 60.7 Å². The third kappa shape index (κ3) is 2.75. The van der Waals surface area contributed by atoms with E-state index in [1.54, 1.807) is 24.3 Å². The van der Waals surface area contributed by atoms with Gasteiger partial charge in [-0.25, -0.2) is 4.90 Å². The molecule has 4 amide bonds. The van der Waals surface area contributed by atoms with Crippen LogP contribution in [0.1, 0.15) is 41.4 Å². The highest BCUT2D eigenvalue weighted by molar-refractivity contribution is 6.43. The van der Waals surface area contributed by atoms with Gasteiger partial charge in [0.2, 0.25) is 0 Å². The van der Waals surface area contributed by atoms with Crippen molar-refractivity contribution < 1.29 is 19.2 Å². The number of imide groups is 2. The van der Waals surface area contributed by atoms with Crippen molar-refractivity contribution in [2.24, 2.45) is 0 Å². The molecule has 0 spiro atoms. The van der Waals surface area contributed by atoms with Gasteiger partial charge in [-0.2, -0.15) is 0 Å². The van der Waals surface area contributed by atoms with Crippen LogP contribution in [-0.4, -0.2) is 23.6 Å². The highest BCUT2D eigenvalue weighted by atomic mass is 16.2. The summed E-state index contributed by atoms with van der Waals surface area (Å²) in [6, 6.07) is 32.7. The summed E-state index contributed by atoms with van der Waals surface area (Å²) in [4.78, 5) is 55.0. The fourth-order valence-corrected chi connectivity index (χ4v) is 7.50. The van der Waals surface area contributed by atoms with Crippen LogP contribution in [0.15, 0.2) is 103 Å². The second kappa shape index (κ2) is 7.82. The van der Waals surface area contributed by atoms with Crippen LogP contribution >= 0.6 is 0 Å². The van der Waals surface area contributed by atoms with E-state index < -0.39 is 11.8 Å². The number of anilines is 1. The molecule has 204 valence electrons. The number of benzene rings is 8. The van der Waals surface area contributed by atoms with Crippen molar-refractivity contribution in [3.8, 4) is 0 Å². The molecule has 44 heavy (non-hydrogen) atoms. The van der Waals surface area contributed by atoms with E-state index in [9.17, 15) is 19.2 Å². The zero-order chi connectivity index (χ0) is 29.4. The zero-order valence-corrected chi connectivity index (χ0v) is 22.9. The number of fused-ring (bicyclic) bond motifs is 4. The summed E-state index contributed by atoms with van der Waals surface area (Å²) in [5.74, 6) is -1.57. The molecule has 6 nitrogen and oxygen atoms in total. The predicted molar refractivity (Wildman–Crippen MR) is 172 cm³/mol. The summed E-state index contributed by atoms with van der Waals surface area (Å²) in [5.41, 5.74) is 2.36. The summed E-state index contributed by atoms with van der Waals surface area (Å²) < 4.78 is 0. The minimum absolute atomic E-state index is 0.371. The summed E-state index contributed by atoms with van der Waals surface area (Å²) in [6.07, 6.45) is 0. The maximum absolute atomic E-state index is 14.2. The van der Waals surface area contributed by atoms with E-state index in [4.69, 9.17) is 0 Å². The molecule has 2 heterocycles. The minimum atomic E-state index is -0.416. The largest absolute Gasteiger partial charge is 0.288 e. The molecule has 2 aliphatic rings. The fourth-order valence-electron chi connectivity index (χ4n) is 7.50. The molecule has 6 heteroatoms. The van der Waals surface area contributed by atoms with Crippen LogP contribution in [0.2, 0.25) is 0 Å². The van der Waals surface area contributed by atoms with Crippen LogP contribution in [0.5, 0.6) is 0 Å². The number of hydrogen-bond acceptors (Lipinski definition) is 4. The summed E-state index contributed by atoms with van der Waals surface area (Å²) in [7, 11) is 0. The number of hydrogen-bond donors (Lipinski definition) is 1. The third-order valence-electron chi connectivity index (χ3n) is 9.43. The molecule has 0 atom stereocenters. The number of rotatable bonds is 1. The molecule has 0 saturated carbocycles. The molecule has 0 aromatic heterocycles.